The molecular formula is C10H23NO3. The lowest BCUT2D eigenvalue weighted by molar-refractivity contribution is -0.0404. The van der Waals surface area contributed by atoms with Gasteiger partial charge >= 0.3 is 0 Å². The molecule has 0 aliphatic carbocycles. The summed E-state index contributed by atoms with van der Waals surface area (Å²) in [6.07, 6.45) is 0.748. The summed E-state index contributed by atoms with van der Waals surface area (Å²) in [6.45, 7) is 6.92. The summed E-state index contributed by atoms with van der Waals surface area (Å²) in [6, 6.07) is -0.0981. The molecular weight excluding hydrogens is 182 g/mol. The lowest BCUT2D eigenvalue weighted by Crippen LogP contribution is -2.39. The second-order valence-corrected chi connectivity index (χ2v) is 3.58. The molecule has 0 aromatic carbocycles. The van der Waals surface area contributed by atoms with Crippen LogP contribution >= 0.6 is 0 Å². The van der Waals surface area contributed by atoms with Gasteiger partial charge in [0.15, 0.2) is 0 Å². The number of aliphatic hydroxyl groups excluding tert-OH is 1. The Morgan fingerprint density at radius 2 is 1.79 bits per heavy atom. The molecule has 0 spiro atoms. The van der Waals surface area contributed by atoms with Crippen molar-refractivity contribution in [3.8, 4) is 0 Å². The molecule has 86 valence electrons. The predicted octanol–water partition coefficient (Wildman–Crippen LogP) is 0.526. The van der Waals surface area contributed by atoms with Crippen molar-refractivity contribution in [1.29, 1.82) is 0 Å². The quantitative estimate of drug-likeness (QED) is 0.567. The molecule has 0 saturated carbocycles. The average molecular weight is 205 g/mol. The van der Waals surface area contributed by atoms with Gasteiger partial charge in [-0.1, -0.05) is 6.92 Å². The van der Waals surface area contributed by atoms with Crippen molar-refractivity contribution < 1.29 is 14.6 Å². The van der Waals surface area contributed by atoms with E-state index in [0.29, 0.717) is 13.2 Å². The normalized spacial score (nSPS) is 15.9. The van der Waals surface area contributed by atoms with Gasteiger partial charge in [-0.3, -0.25) is 0 Å². The Labute approximate surface area is 86.4 Å². The fourth-order valence-electron chi connectivity index (χ4n) is 1.06. The summed E-state index contributed by atoms with van der Waals surface area (Å²) in [5.74, 6) is 0. The van der Waals surface area contributed by atoms with E-state index in [1.54, 1.807) is 0 Å². The molecule has 4 nitrogen and oxygen atoms in total. The van der Waals surface area contributed by atoms with Gasteiger partial charge in [0.1, 0.15) is 0 Å². The third-order valence-electron chi connectivity index (χ3n) is 2.00. The summed E-state index contributed by atoms with van der Waals surface area (Å²) >= 11 is 0. The van der Waals surface area contributed by atoms with Crippen LogP contribution in [0.3, 0.4) is 0 Å². The summed E-state index contributed by atoms with van der Waals surface area (Å²) < 4.78 is 10.7. The van der Waals surface area contributed by atoms with Gasteiger partial charge in [-0.25, -0.2) is 0 Å². The van der Waals surface area contributed by atoms with Gasteiger partial charge in [0.2, 0.25) is 0 Å². The van der Waals surface area contributed by atoms with Crippen molar-refractivity contribution >= 4 is 0 Å². The molecule has 0 bridgehead atoms. The molecule has 2 unspecified atom stereocenters. The van der Waals surface area contributed by atoms with Crippen molar-refractivity contribution in [2.45, 2.75) is 45.4 Å². The van der Waals surface area contributed by atoms with E-state index < -0.39 is 0 Å². The molecule has 0 fully saturated rings. The maximum atomic E-state index is 8.99. The maximum absolute atomic E-state index is 8.99. The first-order chi connectivity index (χ1) is 6.61. The molecule has 0 rings (SSSR count). The van der Waals surface area contributed by atoms with Crippen molar-refractivity contribution in [3.63, 3.8) is 0 Å². The van der Waals surface area contributed by atoms with E-state index in [2.05, 4.69) is 0 Å². The number of aliphatic hydroxyl groups is 1. The van der Waals surface area contributed by atoms with Crippen LogP contribution in [0.2, 0.25) is 0 Å². The minimum Gasteiger partial charge on any atom is -0.394 e. The van der Waals surface area contributed by atoms with Crippen LogP contribution in [0.25, 0.3) is 0 Å². The Hall–Kier alpha value is -0.160. The van der Waals surface area contributed by atoms with Crippen LogP contribution in [-0.2, 0) is 9.47 Å². The number of hydrogen-bond acceptors (Lipinski definition) is 4. The van der Waals surface area contributed by atoms with Gasteiger partial charge in [0.25, 0.3) is 0 Å². The second-order valence-electron chi connectivity index (χ2n) is 3.58. The SMILES string of the molecule is CCC(N)C(CO)OCCOC(C)C. The highest BCUT2D eigenvalue weighted by Gasteiger charge is 2.15. The first-order valence-corrected chi connectivity index (χ1v) is 5.21. The fourth-order valence-corrected chi connectivity index (χ4v) is 1.06. The van der Waals surface area contributed by atoms with Gasteiger partial charge in [0, 0.05) is 6.04 Å². The summed E-state index contributed by atoms with van der Waals surface area (Å²) in [4.78, 5) is 0. The van der Waals surface area contributed by atoms with Crippen LogP contribution in [0.5, 0.6) is 0 Å². The first kappa shape index (κ1) is 13.8. The lowest BCUT2D eigenvalue weighted by Gasteiger charge is -2.21. The second kappa shape index (κ2) is 8.17. The minimum absolute atomic E-state index is 0.0311. The van der Waals surface area contributed by atoms with E-state index in [-0.39, 0.29) is 24.9 Å². The van der Waals surface area contributed by atoms with Gasteiger partial charge < -0.3 is 20.3 Å². The Bertz CT molecular complexity index is 131. The van der Waals surface area contributed by atoms with Crippen LogP contribution in [0, 0.1) is 0 Å². The molecule has 2 atom stereocenters. The van der Waals surface area contributed by atoms with Crippen LogP contribution in [0.1, 0.15) is 27.2 Å². The minimum atomic E-state index is -0.268. The monoisotopic (exact) mass is 205 g/mol. The molecule has 0 aliphatic heterocycles. The summed E-state index contributed by atoms with van der Waals surface area (Å²) in [7, 11) is 0. The smallest absolute Gasteiger partial charge is 0.0957 e. The van der Waals surface area contributed by atoms with E-state index in [0.717, 1.165) is 6.42 Å². The van der Waals surface area contributed by atoms with Crippen molar-refractivity contribution in [2.75, 3.05) is 19.8 Å². The Morgan fingerprint density at radius 3 is 2.21 bits per heavy atom. The van der Waals surface area contributed by atoms with E-state index in [1.807, 2.05) is 20.8 Å². The van der Waals surface area contributed by atoms with Crippen LogP contribution < -0.4 is 5.73 Å². The molecule has 0 aliphatic rings. The zero-order chi connectivity index (χ0) is 11.0. The topological polar surface area (TPSA) is 64.7 Å². The van der Waals surface area contributed by atoms with Gasteiger partial charge in [-0.2, -0.15) is 0 Å². The highest BCUT2D eigenvalue weighted by molar-refractivity contribution is 4.70. The molecule has 0 aromatic heterocycles. The van der Waals surface area contributed by atoms with E-state index >= 15 is 0 Å². The van der Waals surface area contributed by atoms with Crippen molar-refractivity contribution in [1.82, 2.24) is 0 Å². The van der Waals surface area contributed by atoms with Gasteiger partial charge in [-0.05, 0) is 20.3 Å². The highest BCUT2D eigenvalue weighted by Crippen LogP contribution is 2.00. The summed E-state index contributed by atoms with van der Waals surface area (Å²) in [5, 5.41) is 8.99. The van der Waals surface area contributed by atoms with Crippen molar-refractivity contribution in [2.24, 2.45) is 5.73 Å². The number of hydrogen-bond donors (Lipinski definition) is 2. The Morgan fingerprint density at radius 1 is 1.21 bits per heavy atom. The Balaban J connectivity index is 3.52. The number of rotatable bonds is 8. The molecule has 0 saturated heterocycles. The van der Waals surface area contributed by atoms with Crippen LogP contribution in [-0.4, -0.2) is 43.2 Å². The standard InChI is InChI=1S/C10H23NO3/c1-4-9(11)10(7-12)14-6-5-13-8(2)3/h8-10,12H,4-7,11H2,1-3H3. The third kappa shape index (κ3) is 6.32. The lowest BCUT2D eigenvalue weighted by atomic mass is 10.1. The zero-order valence-corrected chi connectivity index (χ0v) is 9.40. The molecule has 4 heteroatoms. The van der Waals surface area contributed by atoms with E-state index in [4.69, 9.17) is 20.3 Å². The Kier molecular flexibility index (Phi) is 8.08. The number of nitrogens with two attached hydrogens (primary N) is 1. The third-order valence-corrected chi connectivity index (χ3v) is 2.00. The fraction of sp³-hybridized carbons (Fsp3) is 1.00. The zero-order valence-electron chi connectivity index (χ0n) is 9.40. The molecule has 14 heavy (non-hydrogen) atoms. The first-order valence-electron chi connectivity index (χ1n) is 5.21. The maximum Gasteiger partial charge on any atom is 0.0957 e. The highest BCUT2D eigenvalue weighted by atomic mass is 16.5. The van der Waals surface area contributed by atoms with Crippen LogP contribution in [0.4, 0.5) is 0 Å². The molecule has 3 N–H and O–H groups in total. The molecule has 0 amide bonds. The van der Waals surface area contributed by atoms with Crippen LogP contribution in [0.15, 0.2) is 0 Å². The van der Waals surface area contributed by atoms with E-state index in [9.17, 15) is 0 Å². The largest absolute Gasteiger partial charge is 0.394 e. The van der Waals surface area contributed by atoms with Crippen molar-refractivity contribution in [3.05, 3.63) is 0 Å². The van der Waals surface area contributed by atoms with Gasteiger partial charge in [0.05, 0.1) is 32.0 Å². The molecule has 0 aromatic rings. The van der Waals surface area contributed by atoms with Gasteiger partial charge in [-0.15, -0.1) is 0 Å². The predicted molar refractivity (Wildman–Crippen MR) is 56.2 cm³/mol. The summed E-state index contributed by atoms with van der Waals surface area (Å²) in [5.41, 5.74) is 5.74. The molecule has 0 heterocycles. The molecule has 0 radical (unpaired) electrons. The number of ether oxygens (including phenoxy) is 2. The van der Waals surface area contributed by atoms with E-state index in [1.165, 1.54) is 0 Å². The average Bonchev–Trinajstić information content (AvgIpc) is 2.16.